The van der Waals surface area contributed by atoms with Gasteiger partial charge in [0.1, 0.15) is 5.60 Å². The predicted molar refractivity (Wildman–Crippen MR) is 66.5 cm³/mol. The minimum Gasteiger partial charge on any atom is -0.493 e. The van der Waals surface area contributed by atoms with Crippen molar-refractivity contribution in [3.63, 3.8) is 0 Å². The maximum atomic E-state index is 11.0. The molecule has 0 aliphatic rings. The molecule has 0 saturated heterocycles. The number of carbonyl (C=O) groups excluding carboxylic acids is 1. The second-order valence-corrected chi connectivity index (χ2v) is 5.27. The van der Waals surface area contributed by atoms with Gasteiger partial charge in [0.2, 0.25) is 0 Å². The lowest BCUT2D eigenvalue weighted by Crippen LogP contribution is -2.24. The van der Waals surface area contributed by atoms with E-state index in [1.54, 1.807) is 19.2 Å². The van der Waals surface area contributed by atoms with Gasteiger partial charge < -0.3 is 9.47 Å². The van der Waals surface area contributed by atoms with Gasteiger partial charge in [0.15, 0.2) is 17.8 Å². The molecule has 0 unspecified atom stereocenters. The van der Waals surface area contributed by atoms with Crippen molar-refractivity contribution in [1.29, 1.82) is 0 Å². The smallest absolute Gasteiger partial charge is 0.172 e. The summed E-state index contributed by atoms with van der Waals surface area (Å²) in [6.07, 6.45) is 0.758. The molecule has 0 atom stereocenters. The van der Waals surface area contributed by atoms with E-state index in [1.165, 1.54) is 0 Å². The number of benzene rings is 1. The summed E-state index contributed by atoms with van der Waals surface area (Å²) in [5, 5.41) is 0. The summed E-state index contributed by atoms with van der Waals surface area (Å²) < 4.78 is 11.7. The molecule has 3 nitrogen and oxygen atoms in total. The molecule has 0 spiro atoms. The van der Waals surface area contributed by atoms with Crippen LogP contribution in [0, 0.1) is 0 Å². The molecule has 0 saturated carbocycles. The van der Waals surface area contributed by atoms with Crippen LogP contribution >= 0.6 is 15.9 Å². The number of aldehydes is 1. The van der Waals surface area contributed by atoms with Crippen molar-refractivity contribution in [1.82, 2.24) is 0 Å². The number of hydrogen-bond acceptors (Lipinski definition) is 3. The first-order chi connectivity index (χ1) is 7.37. The Labute approximate surface area is 104 Å². The molecular formula is C12H15BrO3. The molecule has 0 heterocycles. The van der Waals surface area contributed by atoms with Gasteiger partial charge in [0.05, 0.1) is 12.7 Å². The third kappa shape index (κ3) is 3.23. The van der Waals surface area contributed by atoms with Gasteiger partial charge in [-0.2, -0.15) is 0 Å². The highest BCUT2D eigenvalue weighted by molar-refractivity contribution is 9.10. The molecule has 0 amide bonds. The van der Waals surface area contributed by atoms with Crippen LogP contribution in [0.1, 0.15) is 31.1 Å². The van der Waals surface area contributed by atoms with Gasteiger partial charge in [-0.1, -0.05) is 15.9 Å². The van der Waals surface area contributed by atoms with Crippen molar-refractivity contribution in [2.24, 2.45) is 0 Å². The van der Waals surface area contributed by atoms with Crippen LogP contribution in [0.25, 0.3) is 0 Å². The molecule has 0 N–H and O–H groups in total. The van der Waals surface area contributed by atoms with Crippen LogP contribution in [0.5, 0.6) is 11.5 Å². The summed E-state index contributed by atoms with van der Waals surface area (Å²) in [4.78, 5) is 11.0. The van der Waals surface area contributed by atoms with E-state index in [2.05, 4.69) is 15.9 Å². The first kappa shape index (κ1) is 13.0. The van der Waals surface area contributed by atoms with Crippen molar-refractivity contribution < 1.29 is 14.3 Å². The Kier molecular flexibility index (Phi) is 3.97. The quantitative estimate of drug-likeness (QED) is 0.799. The zero-order chi connectivity index (χ0) is 12.3. The van der Waals surface area contributed by atoms with Gasteiger partial charge in [-0.05, 0) is 32.9 Å². The van der Waals surface area contributed by atoms with E-state index in [9.17, 15) is 4.79 Å². The van der Waals surface area contributed by atoms with E-state index in [4.69, 9.17) is 9.47 Å². The van der Waals surface area contributed by atoms with E-state index < -0.39 is 0 Å². The van der Waals surface area contributed by atoms with Crippen LogP contribution in [0.4, 0.5) is 0 Å². The predicted octanol–water partition coefficient (Wildman–Crippen LogP) is 3.45. The minimum atomic E-state index is -0.376. The van der Waals surface area contributed by atoms with Crippen LogP contribution in [0.15, 0.2) is 16.6 Å². The molecule has 0 aliphatic heterocycles. The third-order valence-electron chi connectivity index (χ3n) is 1.80. The molecule has 0 aliphatic carbocycles. The van der Waals surface area contributed by atoms with Gasteiger partial charge >= 0.3 is 0 Å². The summed E-state index contributed by atoms with van der Waals surface area (Å²) >= 11 is 3.31. The summed E-state index contributed by atoms with van der Waals surface area (Å²) in [6, 6.07) is 3.48. The molecule has 1 aromatic carbocycles. The molecule has 88 valence electrons. The van der Waals surface area contributed by atoms with Gasteiger partial charge in [-0.3, -0.25) is 4.79 Å². The van der Waals surface area contributed by atoms with Gasteiger partial charge in [-0.25, -0.2) is 0 Å². The molecule has 4 heteroatoms. The third-order valence-corrected chi connectivity index (χ3v) is 2.26. The Morgan fingerprint density at radius 1 is 1.31 bits per heavy atom. The number of carbonyl (C=O) groups is 1. The first-order valence-electron chi connectivity index (χ1n) is 4.89. The van der Waals surface area contributed by atoms with Crippen LogP contribution in [0.2, 0.25) is 0 Å². The average Bonchev–Trinajstić information content (AvgIpc) is 2.18. The summed E-state index contributed by atoms with van der Waals surface area (Å²) in [5.74, 6) is 1.03. The fourth-order valence-electron chi connectivity index (χ4n) is 1.24. The largest absolute Gasteiger partial charge is 0.493 e. The molecule has 0 bridgehead atoms. The summed E-state index contributed by atoms with van der Waals surface area (Å²) in [5.41, 5.74) is 0.0972. The lowest BCUT2D eigenvalue weighted by molar-refractivity contribution is 0.108. The zero-order valence-corrected chi connectivity index (χ0v) is 11.4. The van der Waals surface area contributed by atoms with E-state index in [1.807, 2.05) is 20.8 Å². The monoisotopic (exact) mass is 286 g/mol. The van der Waals surface area contributed by atoms with Crippen molar-refractivity contribution >= 4 is 22.2 Å². The van der Waals surface area contributed by atoms with Crippen LogP contribution in [-0.4, -0.2) is 19.0 Å². The van der Waals surface area contributed by atoms with Gasteiger partial charge in [0.25, 0.3) is 0 Å². The molecule has 0 aromatic heterocycles. The molecule has 0 fully saturated rings. The normalized spacial score (nSPS) is 11.1. The Bertz CT molecular complexity index is 394. The maximum absolute atomic E-state index is 11.0. The van der Waals surface area contributed by atoms with Crippen LogP contribution < -0.4 is 9.47 Å². The fourth-order valence-corrected chi connectivity index (χ4v) is 1.70. The first-order valence-corrected chi connectivity index (χ1v) is 5.68. The number of hydrogen-bond donors (Lipinski definition) is 0. The second-order valence-electron chi connectivity index (χ2n) is 4.36. The molecular weight excluding hydrogens is 272 g/mol. The Balaban J connectivity index is 3.27. The Morgan fingerprint density at radius 2 is 1.94 bits per heavy atom. The van der Waals surface area contributed by atoms with E-state index in [0.29, 0.717) is 17.1 Å². The lowest BCUT2D eigenvalue weighted by atomic mass is 10.1. The SMILES string of the molecule is COc1cc(Br)cc(C=O)c1OC(C)(C)C. The fraction of sp³-hybridized carbons (Fsp3) is 0.417. The van der Waals surface area contributed by atoms with Crippen molar-refractivity contribution in [2.45, 2.75) is 26.4 Å². The average molecular weight is 287 g/mol. The van der Waals surface area contributed by atoms with Gasteiger partial charge in [-0.15, -0.1) is 0 Å². The van der Waals surface area contributed by atoms with Crippen molar-refractivity contribution in [3.8, 4) is 11.5 Å². The lowest BCUT2D eigenvalue weighted by Gasteiger charge is -2.24. The summed E-state index contributed by atoms with van der Waals surface area (Å²) in [6.45, 7) is 5.76. The van der Waals surface area contributed by atoms with Crippen molar-refractivity contribution in [3.05, 3.63) is 22.2 Å². The molecule has 0 radical (unpaired) electrons. The Hall–Kier alpha value is -1.03. The standard InChI is InChI=1S/C12H15BrO3/c1-12(2,3)16-11-8(7-14)5-9(13)6-10(11)15-4/h5-7H,1-4H3. The molecule has 1 rings (SSSR count). The minimum absolute atomic E-state index is 0.376. The highest BCUT2D eigenvalue weighted by atomic mass is 79.9. The van der Waals surface area contributed by atoms with Crippen LogP contribution in [0.3, 0.4) is 0 Å². The maximum Gasteiger partial charge on any atom is 0.172 e. The second kappa shape index (κ2) is 4.87. The highest BCUT2D eigenvalue weighted by Crippen LogP contribution is 2.36. The number of halogens is 1. The van der Waals surface area contributed by atoms with E-state index in [0.717, 1.165) is 10.8 Å². The van der Waals surface area contributed by atoms with Gasteiger partial charge in [0, 0.05) is 4.47 Å². The number of methoxy groups -OCH3 is 1. The van der Waals surface area contributed by atoms with Crippen molar-refractivity contribution in [2.75, 3.05) is 7.11 Å². The molecule has 16 heavy (non-hydrogen) atoms. The zero-order valence-electron chi connectivity index (χ0n) is 9.83. The topological polar surface area (TPSA) is 35.5 Å². The summed E-state index contributed by atoms with van der Waals surface area (Å²) in [7, 11) is 1.55. The molecule has 1 aromatic rings. The van der Waals surface area contributed by atoms with E-state index >= 15 is 0 Å². The highest BCUT2D eigenvalue weighted by Gasteiger charge is 2.19. The van der Waals surface area contributed by atoms with E-state index in [-0.39, 0.29) is 5.60 Å². The Morgan fingerprint density at radius 3 is 2.38 bits per heavy atom. The number of rotatable bonds is 3. The number of ether oxygens (including phenoxy) is 2. The van der Waals surface area contributed by atoms with Crippen LogP contribution in [-0.2, 0) is 0 Å².